The number of benzene rings is 2. The molecule has 0 aliphatic carbocycles. The Hall–Kier alpha value is -2.52. The molecule has 0 atom stereocenters. The van der Waals surface area contributed by atoms with Crippen LogP contribution in [0.3, 0.4) is 0 Å². The van der Waals surface area contributed by atoms with Gasteiger partial charge in [0, 0.05) is 24.0 Å². The molecule has 4 heteroatoms. The van der Waals surface area contributed by atoms with Gasteiger partial charge in [-0.25, -0.2) is 0 Å². The molecule has 0 spiro atoms. The Morgan fingerprint density at radius 2 is 1.88 bits per heavy atom. The summed E-state index contributed by atoms with van der Waals surface area (Å²) >= 11 is 6.41. The predicted octanol–water partition coefficient (Wildman–Crippen LogP) is 4.67. The zero-order valence-electron chi connectivity index (χ0n) is 13.3. The van der Waals surface area contributed by atoms with Crippen molar-refractivity contribution in [1.29, 1.82) is 0 Å². The second kappa shape index (κ2) is 5.84. The number of aromatic nitrogens is 1. The van der Waals surface area contributed by atoms with E-state index in [-0.39, 0.29) is 5.91 Å². The minimum Gasteiger partial charge on any atom is -0.349 e. The van der Waals surface area contributed by atoms with E-state index in [1.807, 2.05) is 41.3 Å². The minimum absolute atomic E-state index is 0.0592. The number of halogens is 1. The van der Waals surface area contributed by atoms with Crippen LogP contribution in [0.4, 0.5) is 0 Å². The van der Waals surface area contributed by atoms with Crippen molar-refractivity contribution in [2.24, 2.45) is 0 Å². The summed E-state index contributed by atoms with van der Waals surface area (Å²) in [6.07, 6.45) is 2.12. The zero-order chi connectivity index (χ0) is 16.7. The fourth-order valence-electron chi connectivity index (χ4n) is 3.25. The van der Waals surface area contributed by atoms with Crippen molar-refractivity contribution in [2.75, 3.05) is 13.1 Å². The summed E-state index contributed by atoms with van der Waals surface area (Å²) in [4.78, 5) is 17.9. The Balaban J connectivity index is 1.60. The van der Waals surface area contributed by atoms with Gasteiger partial charge in [-0.1, -0.05) is 60.1 Å². The second-order valence-electron chi connectivity index (χ2n) is 6.09. The van der Waals surface area contributed by atoms with E-state index >= 15 is 0 Å². The van der Waals surface area contributed by atoms with Crippen molar-refractivity contribution in [2.45, 2.75) is 6.92 Å². The SMILES string of the molecule is Cc1ccccc1C1=CCN(C(=O)c2[nH]c3ccccc3c2Cl)C1. The molecule has 0 saturated carbocycles. The van der Waals surface area contributed by atoms with Crippen LogP contribution in [0.15, 0.2) is 54.6 Å². The molecule has 1 N–H and O–H groups in total. The number of aromatic amines is 1. The van der Waals surface area contributed by atoms with Gasteiger partial charge in [0.2, 0.25) is 0 Å². The largest absolute Gasteiger partial charge is 0.349 e. The van der Waals surface area contributed by atoms with Gasteiger partial charge in [0.25, 0.3) is 5.91 Å². The number of hydrogen-bond acceptors (Lipinski definition) is 1. The number of nitrogens with zero attached hydrogens (tertiary/aromatic N) is 1. The normalized spacial score (nSPS) is 14.2. The van der Waals surface area contributed by atoms with E-state index in [1.54, 1.807) is 0 Å². The van der Waals surface area contributed by atoms with E-state index in [1.165, 1.54) is 16.7 Å². The maximum absolute atomic E-state index is 12.9. The van der Waals surface area contributed by atoms with Gasteiger partial charge in [0.1, 0.15) is 5.69 Å². The van der Waals surface area contributed by atoms with Crippen LogP contribution in [0.1, 0.15) is 21.6 Å². The van der Waals surface area contributed by atoms with Crippen LogP contribution in [0, 0.1) is 6.92 Å². The van der Waals surface area contributed by atoms with Crippen molar-refractivity contribution >= 4 is 34.0 Å². The molecule has 1 amide bonds. The van der Waals surface area contributed by atoms with Gasteiger partial charge in [0.15, 0.2) is 0 Å². The number of fused-ring (bicyclic) bond motifs is 1. The van der Waals surface area contributed by atoms with Crippen LogP contribution in [0.2, 0.25) is 5.02 Å². The van der Waals surface area contributed by atoms with E-state index < -0.39 is 0 Å². The predicted molar refractivity (Wildman–Crippen MR) is 98.4 cm³/mol. The Labute approximate surface area is 145 Å². The molecule has 0 fully saturated rings. The van der Waals surface area contributed by atoms with Crippen LogP contribution >= 0.6 is 11.6 Å². The lowest BCUT2D eigenvalue weighted by Crippen LogP contribution is -2.29. The number of para-hydroxylation sites is 1. The number of carbonyl (C=O) groups excluding carboxylic acids is 1. The van der Waals surface area contributed by atoms with Crippen molar-refractivity contribution in [3.63, 3.8) is 0 Å². The molecule has 0 unspecified atom stereocenters. The molecular weight excluding hydrogens is 320 g/mol. The molecule has 24 heavy (non-hydrogen) atoms. The maximum atomic E-state index is 12.9. The lowest BCUT2D eigenvalue weighted by molar-refractivity contribution is 0.0797. The summed E-state index contributed by atoms with van der Waals surface area (Å²) in [7, 11) is 0. The van der Waals surface area contributed by atoms with Crippen LogP contribution < -0.4 is 0 Å². The highest BCUT2D eigenvalue weighted by atomic mass is 35.5. The first kappa shape index (κ1) is 15.0. The van der Waals surface area contributed by atoms with E-state index in [0.717, 1.165) is 10.9 Å². The first-order valence-electron chi connectivity index (χ1n) is 7.95. The lowest BCUT2D eigenvalue weighted by Gasteiger charge is -2.16. The molecule has 0 radical (unpaired) electrons. The number of aryl methyl sites for hydroxylation is 1. The average molecular weight is 337 g/mol. The third-order valence-electron chi connectivity index (χ3n) is 4.55. The highest BCUT2D eigenvalue weighted by Crippen LogP contribution is 2.30. The van der Waals surface area contributed by atoms with Crippen molar-refractivity contribution in [1.82, 2.24) is 9.88 Å². The topological polar surface area (TPSA) is 36.1 Å². The molecule has 0 saturated heterocycles. The molecule has 2 aromatic carbocycles. The Morgan fingerprint density at radius 3 is 2.67 bits per heavy atom. The fraction of sp³-hybridized carbons (Fsp3) is 0.150. The third kappa shape index (κ3) is 2.42. The zero-order valence-corrected chi connectivity index (χ0v) is 14.1. The molecule has 2 heterocycles. The van der Waals surface area contributed by atoms with E-state index in [2.05, 4.69) is 30.1 Å². The van der Waals surface area contributed by atoms with Gasteiger partial charge in [-0.2, -0.15) is 0 Å². The van der Waals surface area contributed by atoms with Gasteiger partial charge in [-0.3, -0.25) is 4.79 Å². The second-order valence-corrected chi connectivity index (χ2v) is 6.47. The summed E-state index contributed by atoms with van der Waals surface area (Å²) in [5.41, 5.74) is 4.97. The standard InChI is InChI=1S/C20H17ClN2O/c1-13-6-2-3-7-15(13)14-10-11-23(12-14)20(24)19-18(21)16-8-4-5-9-17(16)22-19/h2-10,22H,11-12H2,1H3. The minimum atomic E-state index is -0.0592. The number of rotatable bonds is 2. The fourth-order valence-corrected chi connectivity index (χ4v) is 3.54. The van der Waals surface area contributed by atoms with E-state index in [9.17, 15) is 4.79 Å². The van der Waals surface area contributed by atoms with Crippen LogP contribution in [0.5, 0.6) is 0 Å². The number of nitrogens with one attached hydrogen (secondary N) is 1. The highest BCUT2D eigenvalue weighted by molar-refractivity contribution is 6.38. The third-order valence-corrected chi connectivity index (χ3v) is 4.95. The van der Waals surface area contributed by atoms with Crippen LogP contribution in [0.25, 0.3) is 16.5 Å². The van der Waals surface area contributed by atoms with Crippen molar-refractivity contribution < 1.29 is 4.79 Å². The average Bonchev–Trinajstić information content (AvgIpc) is 3.21. The lowest BCUT2D eigenvalue weighted by atomic mass is 10.0. The molecule has 120 valence electrons. The molecule has 3 aromatic rings. The summed E-state index contributed by atoms with van der Waals surface area (Å²) in [6.45, 7) is 3.30. The van der Waals surface area contributed by atoms with Gasteiger partial charge in [-0.15, -0.1) is 0 Å². The number of carbonyl (C=O) groups is 1. The highest BCUT2D eigenvalue weighted by Gasteiger charge is 2.25. The Bertz CT molecular complexity index is 971. The first-order valence-corrected chi connectivity index (χ1v) is 8.33. The van der Waals surface area contributed by atoms with Crippen molar-refractivity contribution in [3.8, 4) is 0 Å². The summed E-state index contributed by atoms with van der Waals surface area (Å²) in [5, 5.41) is 1.38. The van der Waals surface area contributed by atoms with Gasteiger partial charge < -0.3 is 9.88 Å². The van der Waals surface area contributed by atoms with Crippen LogP contribution in [-0.2, 0) is 0 Å². The van der Waals surface area contributed by atoms with E-state index in [0.29, 0.717) is 23.8 Å². The molecule has 1 aliphatic rings. The number of H-pyrrole nitrogens is 1. The Kier molecular flexibility index (Phi) is 3.66. The molecule has 1 aliphatic heterocycles. The van der Waals surface area contributed by atoms with E-state index in [4.69, 9.17) is 11.6 Å². The smallest absolute Gasteiger partial charge is 0.272 e. The monoisotopic (exact) mass is 336 g/mol. The molecule has 1 aromatic heterocycles. The Morgan fingerprint density at radius 1 is 1.12 bits per heavy atom. The molecule has 0 bridgehead atoms. The summed E-state index contributed by atoms with van der Waals surface area (Å²) in [5.74, 6) is -0.0592. The molecular formula is C20H17ClN2O. The van der Waals surface area contributed by atoms with Gasteiger partial charge in [-0.05, 0) is 29.7 Å². The van der Waals surface area contributed by atoms with Crippen LogP contribution in [-0.4, -0.2) is 28.9 Å². The number of amides is 1. The number of hydrogen-bond donors (Lipinski definition) is 1. The summed E-state index contributed by atoms with van der Waals surface area (Å²) in [6, 6.07) is 16.0. The maximum Gasteiger partial charge on any atom is 0.272 e. The summed E-state index contributed by atoms with van der Waals surface area (Å²) < 4.78 is 0. The van der Waals surface area contributed by atoms with Gasteiger partial charge in [0.05, 0.1) is 5.02 Å². The van der Waals surface area contributed by atoms with Gasteiger partial charge >= 0.3 is 0 Å². The van der Waals surface area contributed by atoms with Crippen molar-refractivity contribution in [3.05, 3.63) is 76.5 Å². The molecule has 4 rings (SSSR count). The molecule has 3 nitrogen and oxygen atoms in total. The first-order chi connectivity index (χ1) is 11.6. The quantitative estimate of drug-likeness (QED) is 0.725.